The lowest BCUT2D eigenvalue weighted by Gasteiger charge is -2.14. The molecule has 6 nitrogen and oxygen atoms in total. The van der Waals surface area contributed by atoms with Gasteiger partial charge >= 0.3 is 0 Å². The first-order valence-electron chi connectivity index (χ1n) is 5.91. The molecule has 0 aromatic carbocycles. The molecule has 0 aliphatic carbocycles. The quantitative estimate of drug-likeness (QED) is 0.776. The van der Waals surface area contributed by atoms with Crippen molar-refractivity contribution in [2.45, 2.75) is 36.4 Å². The summed E-state index contributed by atoms with van der Waals surface area (Å²) in [5.74, 6) is 0. The maximum atomic E-state index is 4.39. The van der Waals surface area contributed by atoms with Crippen molar-refractivity contribution in [1.82, 2.24) is 29.5 Å². The Labute approximate surface area is 114 Å². The lowest BCUT2D eigenvalue weighted by atomic mass is 9.93. The molecule has 0 unspecified atom stereocenters. The second-order valence-corrected chi connectivity index (χ2v) is 6.24. The van der Waals surface area contributed by atoms with Crippen LogP contribution in [0.4, 0.5) is 0 Å². The third kappa shape index (κ3) is 2.33. The molecule has 3 aromatic rings. The summed E-state index contributed by atoms with van der Waals surface area (Å²) in [6.45, 7) is 6.44. The molecule has 3 rings (SSSR count). The minimum atomic E-state index is 0.0589. The van der Waals surface area contributed by atoms with Crippen LogP contribution in [-0.4, -0.2) is 29.5 Å². The average Bonchev–Trinajstić information content (AvgIpc) is 2.96. The molecular formula is C12H14N6S. The Morgan fingerprint density at radius 2 is 2.00 bits per heavy atom. The number of hydrogen-bond donors (Lipinski definition) is 1. The van der Waals surface area contributed by atoms with Crippen LogP contribution in [-0.2, 0) is 5.41 Å². The van der Waals surface area contributed by atoms with E-state index in [1.165, 1.54) is 18.1 Å². The molecule has 0 fully saturated rings. The third-order valence-corrected chi connectivity index (χ3v) is 3.61. The van der Waals surface area contributed by atoms with Gasteiger partial charge in [-0.3, -0.25) is 4.98 Å². The van der Waals surface area contributed by atoms with Crippen LogP contribution >= 0.6 is 11.8 Å². The molecule has 0 spiro atoms. The number of imidazole rings is 1. The molecule has 0 saturated carbocycles. The summed E-state index contributed by atoms with van der Waals surface area (Å²) >= 11 is 1.49. The van der Waals surface area contributed by atoms with Gasteiger partial charge in [0.15, 0.2) is 10.8 Å². The van der Waals surface area contributed by atoms with Gasteiger partial charge in [-0.2, -0.15) is 5.10 Å². The van der Waals surface area contributed by atoms with Crippen molar-refractivity contribution < 1.29 is 0 Å². The number of aromatic nitrogens is 6. The molecule has 3 heterocycles. The summed E-state index contributed by atoms with van der Waals surface area (Å²) in [6.07, 6.45) is 6.83. The number of nitrogens with zero attached hydrogens (tertiary/aromatic N) is 5. The van der Waals surface area contributed by atoms with Gasteiger partial charge in [0, 0.05) is 17.3 Å². The van der Waals surface area contributed by atoms with Gasteiger partial charge in [0.05, 0.1) is 12.4 Å². The number of nitrogens with one attached hydrogen (secondary N) is 1. The molecule has 19 heavy (non-hydrogen) atoms. The zero-order chi connectivity index (χ0) is 13.5. The topological polar surface area (TPSA) is 71.8 Å². The van der Waals surface area contributed by atoms with E-state index in [9.17, 15) is 0 Å². The lowest BCUT2D eigenvalue weighted by Crippen LogP contribution is -2.11. The van der Waals surface area contributed by atoms with Crippen molar-refractivity contribution >= 4 is 17.4 Å². The summed E-state index contributed by atoms with van der Waals surface area (Å²) < 4.78 is 1.75. The fraction of sp³-hybridized carbons (Fsp3) is 0.333. The Bertz CT molecular complexity index is 708. The average molecular weight is 274 g/mol. The van der Waals surface area contributed by atoms with Gasteiger partial charge < -0.3 is 4.98 Å². The van der Waals surface area contributed by atoms with Crippen LogP contribution in [0.15, 0.2) is 35.1 Å². The van der Waals surface area contributed by atoms with E-state index in [-0.39, 0.29) is 5.41 Å². The highest BCUT2D eigenvalue weighted by Gasteiger charge is 2.17. The Balaban J connectivity index is 1.93. The molecule has 7 heteroatoms. The maximum Gasteiger partial charge on any atom is 0.174 e. The second kappa shape index (κ2) is 4.34. The van der Waals surface area contributed by atoms with E-state index in [1.54, 1.807) is 16.9 Å². The molecule has 98 valence electrons. The van der Waals surface area contributed by atoms with E-state index in [4.69, 9.17) is 0 Å². The highest BCUT2D eigenvalue weighted by molar-refractivity contribution is 7.99. The molecule has 0 saturated heterocycles. The van der Waals surface area contributed by atoms with E-state index in [0.717, 1.165) is 21.5 Å². The van der Waals surface area contributed by atoms with Gasteiger partial charge in [0.1, 0.15) is 11.4 Å². The highest BCUT2D eigenvalue weighted by atomic mass is 32.2. The van der Waals surface area contributed by atoms with Gasteiger partial charge in [-0.1, -0.05) is 20.8 Å². The Kier molecular flexibility index (Phi) is 2.78. The van der Waals surface area contributed by atoms with Crippen molar-refractivity contribution in [2.24, 2.45) is 0 Å². The largest absolute Gasteiger partial charge is 0.336 e. The number of aromatic amines is 1. The highest BCUT2D eigenvalue weighted by Crippen LogP contribution is 2.27. The van der Waals surface area contributed by atoms with E-state index in [2.05, 4.69) is 45.8 Å². The van der Waals surface area contributed by atoms with Crippen LogP contribution in [0.3, 0.4) is 0 Å². The zero-order valence-electron chi connectivity index (χ0n) is 11.0. The molecule has 0 radical (unpaired) electrons. The minimum Gasteiger partial charge on any atom is -0.336 e. The molecule has 1 N–H and O–H groups in total. The molecule has 0 aliphatic rings. The van der Waals surface area contributed by atoms with Crippen LogP contribution in [0.2, 0.25) is 0 Å². The normalized spacial score (nSPS) is 12.2. The lowest BCUT2D eigenvalue weighted by molar-refractivity contribution is 0.569. The van der Waals surface area contributed by atoms with Crippen molar-refractivity contribution in [3.63, 3.8) is 0 Å². The predicted molar refractivity (Wildman–Crippen MR) is 72.2 cm³/mol. The van der Waals surface area contributed by atoms with Crippen LogP contribution in [0.5, 0.6) is 0 Å². The monoisotopic (exact) mass is 274 g/mol. The smallest absolute Gasteiger partial charge is 0.174 e. The van der Waals surface area contributed by atoms with E-state index < -0.39 is 0 Å². The van der Waals surface area contributed by atoms with Gasteiger partial charge in [-0.25, -0.2) is 14.5 Å². The maximum absolute atomic E-state index is 4.39. The van der Waals surface area contributed by atoms with Gasteiger partial charge in [-0.05, 0) is 11.8 Å². The number of rotatable bonds is 2. The first-order chi connectivity index (χ1) is 9.04. The van der Waals surface area contributed by atoms with Crippen molar-refractivity contribution in [2.75, 3.05) is 0 Å². The standard InChI is InChI=1S/C12H14N6S/c1-12(2,3)8-4-14-11(17-8)19-10-6-13-5-9-15-7-16-18(9)10/h4-7H,1-3H3,(H,14,17). The molecule has 0 bridgehead atoms. The predicted octanol–water partition coefficient (Wildman–Crippen LogP) is 2.30. The first kappa shape index (κ1) is 12.2. The summed E-state index contributed by atoms with van der Waals surface area (Å²) in [4.78, 5) is 16.0. The molecule has 0 aliphatic heterocycles. The third-order valence-electron chi connectivity index (χ3n) is 2.72. The molecule has 3 aromatic heterocycles. The number of H-pyrrole nitrogens is 1. The van der Waals surface area contributed by atoms with Crippen LogP contribution in [0, 0.1) is 0 Å². The van der Waals surface area contributed by atoms with Gasteiger partial charge in [0.2, 0.25) is 0 Å². The SMILES string of the molecule is CC(C)(C)c1cnc(Sc2cncc3ncnn23)[nH]1. The minimum absolute atomic E-state index is 0.0589. The van der Waals surface area contributed by atoms with Crippen LogP contribution in [0.25, 0.3) is 5.65 Å². The van der Waals surface area contributed by atoms with Gasteiger partial charge in [-0.15, -0.1) is 0 Å². The molecule has 0 amide bonds. The molecule has 0 atom stereocenters. The van der Waals surface area contributed by atoms with Gasteiger partial charge in [0.25, 0.3) is 0 Å². The van der Waals surface area contributed by atoms with Crippen molar-refractivity contribution in [3.05, 3.63) is 30.6 Å². The Morgan fingerprint density at radius 3 is 2.74 bits per heavy atom. The summed E-state index contributed by atoms with van der Waals surface area (Å²) in [7, 11) is 0. The van der Waals surface area contributed by atoms with E-state index in [0.29, 0.717) is 0 Å². The summed E-state index contributed by atoms with van der Waals surface area (Å²) in [5, 5.41) is 5.88. The van der Waals surface area contributed by atoms with Crippen LogP contribution < -0.4 is 0 Å². The summed E-state index contributed by atoms with van der Waals surface area (Å²) in [6, 6.07) is 0. The molecular weight excluding hydrogens is 260 g/mol. The first-order valence-corrected chi connectivity index (χ1v) is 6.73. The fourth-order valence-electron chi connectivity index (χ4n) is 1.64. The van der Waals surface area contributed by atoms with E-state index >= 15 is 0 Å². The van der Waals surface area contributed by atoms with Crippen molar-refractivity contribution in [3.8, 4) is 0 Å². The number of fused-ring (bicyclic) bond motifs is 1. The van der Waals surface area contributed by atoms with Crippen molar-refractivity contribution in [1.29, 1.82) is 0 Å². The van der Waals surface area contributed by atoms with Crippen LogP contribution in [0.1, 0.15) is 26.5 Å². The summed E-state index contributed by atoms with van der Waals surface area (Å²) in [5.41, 5.74) is 1.89. The Hall–Kier alpha value is -1.89. The Morgan fingerprint density at radius 1 is 1.16 bits per heavy atom. The fourth-order valence-corrected chi connectivity index (χ4v) is 2.44. The van der Waals surface area contributed by atoms with E-state index in [1.807, 2.05) is 6.20 Å². The second-order valence-electron chi connectivity index (χ2n) is 5.23. The number of hydrogen-bond acceptors (Lipinski definition) is 5. The zero-order valence-corrected chi connectivity index (χ0v) is 11.8.